The second-order valence-electron chi connectivity index (χ2n) is 20.1. The topological polar surface area (TPSA) is 243 Å². The third-order valence-corrected chi connectivity index (χ3v) is 16.7. The number of aromatic nitrogens is 8. The summed E-state index contributed by atoms with van der Waals surface area (Å²) in [6.07, 6.45) is 10.9. The summed E-state index contributed by atoms with van der Waals surface area (Å²) in [5.41, 5.74) is 11.7. The number of nitrogens with zero attached hydrogens (tertiary/aromatic N) is 12. The highest BCUT2D eigenvalue weighted by molar-refractivity contribution is 7.16. The summed E-state index contributed by atoms with van der Waals surface area (Å²) in [4.78, 5) is 55.6. The molecule has 1 aromatic carbocycles. The number of thiazole rings is 1. The molecular weight excluding hydrogens is 965 g/mol. The molecule has 21 heteroatoms. The highest BCUT2D eigenvalue weighted by atomic mass is 32.1. The van der Waals surface area contributed by atoms with Crippen LogP contribution in [0.4, 0.5) is 10.9 Å². The van der Waals surface area contributed by atoms with Crippen molar-refractivity contribution in [2.45, 2.75) is 116 Å². The molecule has 19 nitrogen and oxygen atoms in total. The van der Waals surface area contributed by atoms with Gasteiger partial charge in [0.2, 0.25) is 29.5 Å². The van der Waals surface area contributed by atoms with Gasteiger partial charge in [0.25, 0.3) is 5.88 Å². The van der Waals surface area contributed by atoms with Crippen LogP contribution in [0.1, 0.15) is 118 Å². The van der Waals surface area contributed by atoms with Crippen LogP contribution < -0.4 is 20.7 Å². The number of phenolic OH excluding ortho intramolecular Hbond substituents is 1. The molecule has 73 heavy (non-hydrogen) atoms. The first-order valence-corrected chi connectivity index (χ1v) is 26.9. The van der Waals surface area contributed by atoms with E-state index in [0.29, 0.717) is 64.9 Å². The summed E-state index contributed by atoms with van der Waals surface area (Å²) in [5, 5.41) is 37.5. The lowest BCUT2D eigenvalue weighted by Crippen LogP contribution is -2.49. The Morgan fingerprint density at radius 1 is 1.15 bits per heavy atom. The van der Waals surface area contributed by atoms with E-state index in [2.05, 4.69) is 67.0 Å². The largest absolute Gasteiger partial charge is 0.508 e. The van der Waals surface area contributed by atoms with Crippen LogP contribution in [0.25, 0.3) is 22.0 Å². The van der Waals surface area contributed by atoms with Crippen molar-refractivity contribution in [1.82, 2.24) is 55.2 Å². The molecule has 6 atom stereocenters. The van der Waals surface area contributed by atoms with Crippen molar-refractivity contribution in [3.63, 3.8) is 0 Å². The number of nitriles is 1. The monoisotopic (exact) mass is 1030 g/mol. The van der Waals surface area contributed by atoms with Crippen LogP contribution in [0.3, 0.4) is 0 Å². The number of phenols is 1. The van der Waals surface area contributed by atoms with Gasteiger partial charge in [-0.15, -0.1) is 29.3 Å². The summed E-state index contributed by atoms with van der Waals surface area (Å²) in [6.45, 7) is 20.1. The molecule has 2 aliphatic heterocycles. The van der Waals surface area contributed by atoms with Gasteiger partial charge in [0.05, 0.1) is 45.9 Å². The Kier molecular flexibility index (Phi) is 15.2. The first-order chi connectivity index (χ1) is 35.2. The number of benzene rings is 1. The first-order valence-electron chi connectivity index (χ1n) is 25.2. The fourth-order valence-corrected chi connectivity index (χ4v) is 12.7. The molecule has 3 aliphatic rings. The number of rotatable bonds is 17. The molecule has 1 aliphatic carbocycles. The predicted molar refractivity (Wildman–Crippen MR) is 279 cm³/mol. The molecule has 2 fully saturated rings. The van der Waals surface area contributed by atoms with Crippen LogP contribution in [-0.2, 0) is 21.4 Å². The molecule has 2 saturated heterocycles. The number of carbonyl (C=O) groups excluding carboxylic acids is 2. The van der Waals surface area contributed by atoms with Gasteiger partial charge in [-0.25, -0.2) is 19.6 Å². The fourth-order valence-electron chi connectivity index (χ4n) is 10.7. The molecular formula is C52H64N14O5S2. The molecule has 0 radical (unpaired) electrons. The summed E-state index contributed by atoms with van der Waals surface area (Å²) < 4.78 is 13.5. The van der Waals surface area contributed by atoms with Crippen LogP contribution in [0.2, 0.25) is 0 Å². The van der Waals surface area contributed by atoms with E-state index in [4.69, 9.17) is 25.0 Å². The smallest absolute Gasteiger partial charge is 0.253 e. The molecule has 9 rings (SSSR count). The summed E-state index contributed by atoms with van der Waals surface area (Å²) in [7, 11) is 0. The lowest BCUT2D eigenvalue weighted by molar-refractivity contribution is -0.142. The maximum atomic E-state index is 14.4. The van der Waals surface area contributed by atoms with E-state index >= 15 is 0 Å². The summed E-state index contributed by atoms with van der Waals surface area (Å²) in [6, 6.07) is 7.71. The number of hydrogen-bond acceptors (Lipinski definition) is 18. The van der Waals surface area contributed by atoms with Gasteiger partial charge in [0.1, 0.15) is 34.6 Å². The van der Waals surface area contributed by atoms with E-state index in [1.54, 1.807) is 45.7 Å². The second kappa shape index (κ2) is 21.8. The van der Waals surface area contributed by atoms with Gasteiger partial charge in [-0.05, 0) is 115 Å². The Bertz CT molecular complexity index is 2990. The third kappa shape index (κ3) is 10.6. The number of nitrogens with one attached hydrogen (secondary N) is 1. The molecule has 0 saturated carbocycles. The lowest BCUT2D eigenvalue weighted by atomic mass is 9.72. The zero-order chi connectivity index (χ0) is 51.6. The molecule has 2 amide bonds. The molecule has 5 aromatic heterocycles. The Hall–Kier alpha value is -6.76. The van der Waals surface area contributed by atoms with Crippen molar-refractivity contribution in [2.75, 3.05) is 50.0 Å². The molecule has 7 heterocycles. The highest BCUT2D eigenvalue weighted by Gasteiger charge is 2.44. The number of aromatic hydroxyl groups is 1. The Morgan fingerprint density at radius 3 is 2.74 bits per heavy atom. The number of likely N-dealkylation sites (tertiary alicyclic amines) is 1. The number of unbranched alkanes of at least 4 members (excludes halogenated alkanes) is 1. The Morgan fingerprint density at radius 2 is 1.99 bits per heavy atom. The normalized spacial score (nSPS) is 21.1. The van der Waals surface area contributed by atoms with Gasteiger partial charge in [-0.3, -0.25) is 9.59 Å². The Labute approximate surface area is 433 Å². The van der Waals surface area contributed by atoms with E-state index in [-0.39, 0.29) is 35.4 Å². The zero-order valence-electron chi connectivity index (χ0n) is 42.3. The van der Waals surface area contributed by atoms with Gasteiger partial charge in [-0.2, -0.15) is 10.2 Å². The van der Waals surface area contributed by atoms with E-state index in [1.165, 1.54) is 22.7 Å². The number of nitrogens with two attached hydrogens (primary N) is 1. The predicted octanol–water partition coefficient (Wildman–Crippen LogP) is 7.65. The fraction of sp³-hybridized carbons (Fsp3) is 0.500. The zero-order valence-corrected chi connectivity index (χ0v) is 44.0. The van der Waals surface area contributed by atoms with Gasteiger partial charge >= 0.3 is 0 Å². The number of ether oxygens (including phenoxy) is 1. The third-order valence-electron chi connectivity index (χ3n) is 14.6. The van der Waals surface area contributed by atoms with Crippen LogP contribution in [0, 0.1) is 30.1 Å². The summed E-state index contributed by atoms with van der Waals surface area (Å²) >= 11 is 2.98. The minimum atomic E-state index is -0.736. The van der Waals surface area contributed by atoms with Gasteiger partial charge in [0, 0.05) is 47.9 Å². The molecule has 0 bridgehead atoms. The number of anilines is 2. The van der Waals surface area contributed by atoms with Crippen LogP contribution in [0.5, 0.6) is 11.6 Å². The number of hydrogen-bond donors (Lipinski definition) is 3. The number of carbonyl (C=O) groups is 2. The number of fused-ring (bicyclic) bond motifs is 1. The molecule has 0 spiro atoms. The second-order valence-corrected chi connectivity index (χ2v) is 22.1. The number of thiophene rings is 1. The van der Waals surface area contributed by atoms with Crippen molar-refractivity contribution < 1.29 is 24.0 Å². The van der Waals surface area contributed by atoms with Crippen molar-refractivity contribution in [2.24, 2.45) is 11.8 Å². The van der Waals surface area contributed by atoms with Crippen molar-refractivity contribution in [3.8, 4) is 39.7 Å². The Balaban J connectivity index is 0.760. The number of amides is 2. The summed E-state index contributed by atoms with van der Waals surface area (Å²) in [5.74, 6) is 1.09. The quantitative estimate of drug-likeness (QED) is 0.0587. The number of nitrogen functional groups attached to an aromatic ring is 1. The average Bonchev–Trinajstić information content (AvgIpc) is 4.23. The number of aryl methyl sites for hydroxylation is 2. The van der Waals surface area contributed by atoms with Gasteiger partial charge < -0.3 is 40.1 Å². The van der Waals surface area contributed by atoms with Crippen LogP contribution >= 0.6 is 22.7 Å². The highest BCUT2D eigenvalue weighted by Crippen LogP contribution is 2.48. The lowest BCUT2D eigenvalue weighted by Gasteiger charge is -2.30. The van der Waals surface area contributed by atoms with E-state index < -0.39 is 23.5 Å². The van der Waals surface area contributed by atoms with Crippen LogP contribution in [0.15, 0.2) is 59.3 Å². The molecule has 6 aromatic rings. The maximum absolute atomic E-state index is 14.4. The van der Waals surface area contributed by atoms with E-state index in [0.717, 1.165) is 91.3 Å². The van der Waals surface area contributed by atoms with E-state index in [9.17, 15) is 20.0 Å². The van der Waals surface area contributed by atoms with Gasteiger partial charge in [-0.1, -0.05) is 47.5 Å². The van der Waals surface area contributed by atoms with E-state index in [1.807, 2.05) is 39.8 Å². The molecule has 1 unspecified atom stereocenters. The molecule has 4 N–H and O–H groups in total. The van der Waals surface area contributed by atoms with Crippen molar-refractivity contribution >= 4 is 45.4 Å². The molecule has 384 valence electrons. The average molecular weight is 1030 g/mol. The standard InChI is InChI=1S/C52H64N14O5S2/c1-8-34-23-39(48(68)57-32(5)36-15-14-35(24-40(36)67)45-33(6)56-29-72-45)65(27-34)49(69)44(30(2)3)66-28-42(60-62-66)70-22-10-9-19-63-20-12-21-64(31(4)26-63)51-55-18-16-38(58-51)47-59-50(71-61-47)52(7)17-11-13-41-43(52)37(25-53)46(54)73-41/h8,14-16,18,24,28-32,34,39,44,67H,1,9-13,17,19-23,26-27,54H2,2-7H3,(H,57,68)/t31-,32-,34?,39-,44-,52-/m0/s1. The minimum Gasteiger partial charge on any atom is -0.508 e. The maximum Gasteiger partial charge on any atom is 0.253 e. The SMILES string of the molecule is C=CC1C[C@@H](C(=O)N[C@@H](C)c2ccc(-c3scnc3C)cc2O)N(C(=O)[C@H](C(C)C)n2cc(OCCCCN3CCCN(c4nccc(-c5noc([C@@]6(C)CCCc7sc(N)c(C#N)c76)n5)n4)[C@@H](C)C3)nn2)C1. The van der Waals surface area contributed by atoms with Crippen molar-refractivity contribution in [1.29, 1.82) is 5.26 Å². The van der Waals surface area contributed by atoms with Crippen LogP contribution in [-0.4, -0.2) is 118 Å². The van der Waals surface area contributed by atoms with Gasteiger partial charge in [0.15, 0.2) is 0 Å². The van der Waals surface area contributed by atoms with Crippen molar-refractivity contribution in [3.05, 3.63) is 88.0 Å². The minimum absolute atomic E-state index is 0.0665. The first kappa shape index (κ1) is 51.2.